The number of nitrogens with zero attached hydrogens (tertiary/aromatic N) is 2. The Balaban J connectivity index is 2.33. The molecule has 2 aromatic rings. The number of carbonyl (C=O) groups excluding carboxylic acids is 3. The highest BCUT2D eigenvalue weighted by Gasteiger charge is 2.43. The standard InChI is InChI=1S/C25H24N4O5/c1-28-19(30)13-15-8-7-11-17(12-15)29-22(25(32)34-3)21(24(31)33-2)20(18(14-26)23(29)27)16-9-5-4-6-10-16/h4-12,20H,13,27H2,1-3H3,(H,28,30). The summed E-state index contributed by atoms with van der Waals surface area (Å²) in [6, 6.07) is 17.6. The summed E-state index contributed by atoms with van der Waals surface area (Å²) in [6.45, 7) is 0. The van der Waals surface area contributed by atoms with Crippen LogP contribution in [0.1, 0.15) is 17.0 Å². The van der Waals surface area contributed by atoms with Crippen LogP contribution in [-0.4, -0.2) is 39.1 Å². The maximum atomic E-state index is 13.1. The Morgan fingerprint density at radius 1 is 1.06 bits per heavy atom. The minimum Gasteiger partial charge on any atom is -0.466 e. The molecule has 1 unspecified atom stereocenters. The van der Waals surface area contributed by atoms with Gasteiger partial charge in [-0.15, -0.1) is 0 Å². The lowest BCUT2D eigenvalue weighted by molar-refractivity contribution is -0.139. The highest BCUT2D eigenvalue weighted by molar-refractivity contribution is 6.06. The van der Waals surface area contributed by atoms with Gasteiger partial charge in [0.25, 0.3) is 0 Å². The molecule has 1 aliphatic rings. The molecule has 0 aliphatic carbocycles. The average Bonchev–Trinajstić information content (AvgIpc) is 2.87. The van der Waals surface area contributed by atoms with Gasteiger partial charge in [0.15, 0.2) is 0 Å². The number of nitrogens with two attached hydrogens (primary N) is 1. The maximum absolute atomic E-state index is 13.1. The third-order valence-electron chi connectivity index (χ3n) is 5.42. The number of nitriles is 1. The summed E-state index contributed by atoms with van der Waals surface area (Å²) in [5.74, 6) is -2.83. The zero-order valence-corrected chi connectivity index (χ0v) is 19.0. The SMILES string of the molecule is CNC(=O)Cc1cccc(N2C(N)=C(C#N)C(c3ccccc3)C(C(=O)OC)=C2C(=O)OC)c1. The number of amides is 1. The molecule has 0 bridgehead atoms. The fourth-order valence-electron chi connectivity index (χ4n) is 3.86. The van der Waals surface area contributed by atoms with Crippen LogP contribution >= 0.6 is 0 Å². The lowest BCUT2D eigenvalue weighted by Gasteiger charge is -2.36. The van der Waals surface area contributed by atoms with E-state index in [0.29, 0.717) is 16.8 Å². The average molecular weight is 460 g/mol. The van der Waals surface area contributed by atoms with Crippen LogP contribution in [0.5, 0.6) is 0 Å². The van der Waals surface area contributed by atoms with Crippen molar-refractivity contribution in [3.8, 4) is 6.07 Å². The van der Waals surface area contributed by atoms with Gasteiger partial charge < -0.3 is 20.5 Å². The molecule has 0 spiro atoms. The second-order valence-corrected chi connectivity index (χ2v) is 7.36. The van der Waals surface area contributed by atoms with E-state index in [1.165, 1.54) is 26.2 Å². The lowest BCUT2D eigenvalue weighted by Crippen LogP contribution is -2.40. The number of benzene rings is 2. The van der Waals surface area contributed by atoms with Crippen molar-refractivity contribution < 1.29 is 23.9 Å². The van der Waals surface area contributed by atoms with E-state index in [1.807, 2.05) is 0 Å². The molecular weight excluding hydrogens is 436 g/mol. The quantitative estimate of drug-likeness (QED) is 0.624. The molecule has 1 atom stereocenters. The molecule has 1 heterocycles. The van der Waals surface area contributed by atoms with Gasteiger partial charge in [-0.3, -0.25) is 9.69 Å². The number of methoxy groups -OCH3 is 2. The molecule has 9 nitrogen and oxygen atoms in total. The predicted molar refractivity (Wildman–Crippen MR) is 124 cm³/mol. The molecule has 3 rings (SSSR count). The van der Waals surface area contributed by atoms with E-state index in [4.69, 9.17) is 15.2 Å². The molecule has 1 amide bonds. The molecule has 34 heavy (non-hydrogen) atoms. The first-order valence-corrected chi connectivity index (χ1v) is 10.3. The van der Waals surface area contributed by atoms with Gasteiger partial charge in [-0.25, -0.2) is 9.59 Å². The summed E-state index contributed by atoms with van der Waals surface area (Å²) < 4.78 is 10.0. The van der Waals surface area contributed by atoms with E-state index in [-0.39, 0.29) is 35.0 Å². The zero-order valence-electron chi connectivity index (χ0n) is 19.0. The molecule has 2 aromatic carbocycles. The molecule has 0 aromatic heterocycles. The van der Waals surface area contributed by atoms with E-state index in [1.54, 1.807) is 54.6 Å². The topological polar surface area (TPSA) is 135 Å². The Morgan fingerprint density at radius 2 is 1.74 bits per heavy atom. The molecule has 0 saturated heterocycles. The van der Waals surface area contributed by atoms with Crippen molar-refractivity contribution in [2.75, 3.05) is 26.2 Å². The van der Waals surface area contributed by atoms with Gasteiger partial charge in [0.05, 0.1) is 43.8 Å². The van der Waals surface area contributed by atoms with Gasteiger partial charge in [0, 0.05) is 12.7 Å². The van der Waals surface area contributed by atoms with Crippen molar-refractivity contribution in [2.24, 2.45) is 5.73 Å². The molecule has 0 radical (unpaired) electrons. The van der Waals surface area contributed by atoms with Crippen molar-refractivity contribution in [3.63, 3.8) is 0 Å². The van der Waals surface area contributed by atoms with Crippen molar-refractivity contribution in [1.29, 1.82) is 5.26 Å². The van der Waals surface area contributed by atoms with Gasteiger partial charge in [-0.05, 0) is 23.3 Å². The predicted octanol–water partition coefficient (Wildman–Crippen LogP) is 1.87. The third kappa shape index (κ3) is 4.47. The first kappa shape index (κ1) is 24.1. The van der Waals surface area contributed by atoms with Gasteiger partial charge in [0.2, 0.25) is 5.91 Å². The van der Waals surface area contributed by atoms with Gasteiger partial charge in [0.1, 0.15) is 11.5 Å². The van der Waals surface area contributed by atoms with Crippen LogP contribution in [0.25, 0.3) is 0 Å². The summed E-state index contributed by atoms with van der Waals surface area (Å²) in [7, 11) is 3.90. The minimum atomic E-state index is -0.946. The second-order valence-electron chi connectivity index (χ2n) is 7.36. The summed E-state index contributed by atoms with van der Waals surface area (Å²) in [5, 5.41) is 12.6. The van der Waals surface area contributed by atoms with E-state index in [0.717, 1.165) is 0 Å². The number of esters is 2. The van der Waals surface area contributed by atoms with Crippen LogP contribution in [0.15, 0.2) is 77.3 Å². The third-order valence-corrected chi connectivity index (χ3v) is 5.42. The number of hydrogen-bond acceptors (Lipinski definition) is 8. The van der Waals surface area contributed by atoms with Crippen LogP contribution in [0, 0.1) is 11.3 Å². The number of allylic oxidation sites excluding steroid dienone is 1. The van der Waals surface area contributed by atoms with Gasteiger partial charge >= 0.3 is 11.9 Å². The van der Waals surface area contributed by atoms with Crippen LogP contribution in [0.2, 0.25) is 0 Å². The molecule has 0 saturated carbocycles. The Morgan fingerprint density at radius 3 is 2.32 bits per heavy atom. The fourth-order valence-corrected chi connectivity index (χ4v) is 3.86. The van der Waals surface area contributed by atoms with Crippen LogP contribution in [-0.2, 0) is 30.3 Å². The normalized spacial score (nSPS) is 15.5. The second kappa shape index (κ2) is 10.4. The van der Waals surface area contributed by atoms with Crippen LogP contribution < -0.4 is 16.0 Å². The van der Waals surface area contributed by atoms with Gasteiger partial charge in [-0.1, -0.05) is 42.5 Å². The van der Waals surface area contributed by atoms with Crippen molar-refractivity contribution in [3.05, 3.63) is 88.4 Å². The molecule has 0 fully saturated rings. The van der Waals surface area contributed by atoms with Crippen LogP contribution in [0.4, 0.5) is 5.69 Å². The number of hydrogen-bond donors (Lipinski definition) is 2. The molecular formula is C25H24N4O5. The Kier molecular flexibility index (Phi) is 7.33. The minimum absolute atomic E-state index is 0.0403. The Hall–Kier alpha value is -4.58. The first-order chi connectivity index (χ1) is 16.4. The number of nitrogens with one attached hydrogen (secondary N) is 1. The number of anilines is 1. The number of likely N-dealkylation sites (N-methyl/N-ethyl adjacent to an activating group) is 1. The summed E-state index contributed by atoms with van der Waals surface area (Å²) in [5.41, 5.74) is 7.87. The highest BCUT2D eigenvalue weighted by Crippen LogP contribution is 2.43. The van der Waals surface area contributed by atoms with E-state index in [9.17, 15) is 19.6 Å². The smallest absolute Gasteiger partial charge is 0.355 e. The summed E-state index contributed by atoms with van der Waals surface area (Å²) in [6.07, 6.45) is 0.0840. The number of ether oxygens (including phenoxy) is 2. The Bertz CT molecular complexity index is 1230. The summed E-state index contributed by atoms with van der Waals surface area (Å²) in [4.78, 5) is 39.3. The van der Waals surface area contributed by atoms with E-state index >= 15 is 0 Å². The molecule has 174 valence electrons. The molecule has 1 aliphatic heterocycles. The molecule has 3 N–H and O–H groups in total. The maximum Gasteiger partial charge on any atom is 0.355 e. The number of rotatable bonds is 6. The van der Waals surface area contributed by atoms with Gasteiger partial charge in [-0.2, -0.15) is 5.26 Å². The monoisotopic (exact) mass is 460 g/mol. The van der Waals surface area contributed by atoms with Crippen molar-refractivity contribution >= 4 is 23.5 Å². The Labute approximate surface area is 197 Å². The van der Waals surface area contributed by atoms with Crippen molar-refractivity contribution in [1.82, 2.24) is 5.32 Å². The largest absolute Gasteiger partial charge is 0.466 e. The lowest BCUT2D eigenvalue weighted by atomic mass is 9.81. The zero-order chi connectivity index (χ0) is 24.8. The first-order valence-electron chi connectivity index (χ1n) is 10.3. The van der Waals surface area contributed by atoms with E-state index in [2.05, 4.69) is 11.4 Å². The fraction of sp³-hybridized carbons (Fsp3) is 0.200. The van der Waals surface area contributed by atoms with E-state index < -0.39 is 17.9 Å². The van der Waals surface area contributed by atoms with Crippen LogP contribution in [0.3, 0.4) is 0 Å². The van der Waals surface area contributed by atoms with Crippen molar-refractivity contribution in [2.45, 2.75) is 12.3 Å². The summed E-state index contributed by atoms with van der Waals surface area (Å²) >= 11 is 0. The molecule has 9 heteroatoms. The number of carbonyl (C=O) groups is 3. The highest BCUT2D eigenvalue weighted by atomic mass is 16.5.